The zero-order valence-electron chi connectivity index (χ0n) is 10.6. The summed E-state index contributed by atoms with van der Waals surface area (Å²) in [6, 6.07) is 5.10. The highest BCUT2D eigenvalue weighted by Gasteiger charge is 2.24. The zero-order valence-corrected chi connectivity index (χ0v) is 12.1. The van der Waals surface area contributed by atoms with Gasteiger partial charge in [-0.2, -0.15) is 0 Å². The molecular formula is C13H15Cl2NO3. The lowest BCUT2D eigenvalue weighted by atomic mass is 10.3. The summed E-state index contributed by atoms with van der Waals surface area (Å²) in [4.78, 5) is 13.9. The third-order valence-electron chi connectivity index (χ3n) is 2.89. The Hall–Kier alpha value is -0.970. The van der Waals surface area contributed by atoms with Crippen molar-refractivity contribution < 1.29 is 14.3 Å². The predicted molar refractivity (Wildman–Crippen MR) is 74.0 cm³/mol. The monoisotopic (exact) mass is 303 g/mol. The number of carbonyl (C=O) groups excluding carboxylic acids is 1. The molecule has 0 saturated carbocycles. The van der Waals surface area contributed by atoms with Gasteiger partial charge >= 0.3 is 0 Å². The van der Waals surface area contributed by atoms with Crippen molar-refractivity contribution in [3.05, 3.63) is 28.2 Å². The van der Waals surface area contributed by atoms with Crippen LogP contribution in [0.5, 0.6) is 5.75 Å². The molecule has 0 bridgehead atoms. The van der Waals surface area contributed by atoms with E-state index in [-0.39, 0.29) is 5.91 Å². The second-order valence-corrected chi connectivity index (χ2v) is 5.03. The molecule has 1 fully saturated rings. The Morgan fingerprint density at radius 1 is 1.37 bits per heavy atom. The molecule has 1 aliphatic rings. The standard InChI is InChI=1S/C13H15Cl2NO3/c1-9(13(17)16-5-7-18-8-6-16)19-11-4-2-3-10(14)12(11)15/h2-4,9H,5-8H2,1H3. The fraction of sp³-hybridized carbons (Fsp3) is 0.462. The topological polar surface area (TPSA) is 38.8 Å². The predicted octanol–water partition coefficient (Wildman–Crippen LogP) is 2.62. The van der Waals surface area contributed by atoms with Crippen molar-refractivity contribution in [2.75, 3.05) is 26.3 Å². The summed E-state index contributed by atoms with van der Waals surface area (Å²) in [5.41, 5.74) is 0. The third kappa shape index (κ3) is 3.53. The number of ether oxygens (including phenoxy) is 2. The van der Waals surface area contributed by atoms with Crippen LogP contribution >= 0.6 is 23.2 Å². The van der Waals surface area contributed by atoms with Crippen LogP contribution in [0.3, 0.4) is 0 Å². The van der Waals surface area contributed by atoms with Crippen LogP contribution in [0.15, 0.2) is 18.2 Å². The van der Waals surface area contributed by atoms with Gasteiger partial charge in [-0.05, 0) is 19.1 Å². The van der Waals surface area contributed by atoms with Gasteiger partial charge in [-0.1, -0.05) is 29.3 Å². The summed E-state index contributed by atoms with van der Waals surface area (Å²) < 4.78 is 10.8. The highest BCUT2D eigenvalue weighted by Crippen LogP contribution is 2.32. The molecule has 1 aromatic rings. The van der Waals surface area contributed by atoms with Crippen molar-refractivity contribution in [1.82, 2.24) is 4.90 Å². The summed E-state index contributed by atoms with van der Waals surface area (Å²) in [5.74, 6) is 0.350. The first kappa shape index (κ1) is 14.4. The van der Waals surface area contributed by atoms with Crippen LogP contribution in [-0.2, 0) is 9.53 Å². The fourth-order valence-electron chi connectivity index (χ4n) is 1.86. The Kier molecular flexibility index (Phi) is 4.91. The Morgan fingerprint density at radius 2 is 2.05 bits per heavy atom. The van der Waals surface area contributed by atoms with Crippen LogP contribution < -0.4 is 4.74 Å². The van der Waals surface area contributed by atoms with Gasteiger partial charge < -0.3 is 14.4 Å². The molecule has 1 atom stereocenters. The minimum Gasteiger partial charge on any atom is -0.479 e. The van der Waals surface area contributed by atoms with Gasteiger partial charge in [-0.3, -0.25) is 4.79 Å². The van der Waals surface area contributed by atoms with Crippen molar-refractivity contribution >= 4 is 29.1 Å². The van der Waals surface area contributed by atoms with E-state index in [0.29, 0.717) is 42.1 Å². The summed E-state index contributed by atoms with van der Waals surface area (Å²) >= 11 is 11.9. The molecule has 4 nitrogen and oxygen atoms in total. The number of hydrogen-bond acceptors (Lipinski definition) is 3. The summed E-state index contributed by atoms with van der Waals surface area (Å²) in [5, 5.41) is 0.732. The van der Waals surface area contributed by atoms with Gasteiger partial charge in [0.05, 0.1) is 18.2 Å². The van der Waals surface area contributed by atoms with E-state index in [9.17, 15) is 4.79 Å². The van der Waals surface area contributed by atoms with Crippen LogP contribution in [0.25, 0.3) is 0 Å². The molecule has 1 aliphatic heterocycles. The molecular weight excluding hydrogens is 289 g/mol. The van der Waals surface area contributed by atoms with E-state index >= 15 is 0 Å². The highest BCUT2D eigenvalue weighted by molar-refractivity contribution is 6.42. The van der Waals surface area contributed by atoms with Crippen LogP contribution in [0.2, 0.25) is 10.0 Å². The Labute approximate surface area is 122 Å². The summed E-state index contributed by atoms with van der Waals surface area (Å²) in [6.45, 7) is 4.02. The van der Waals surface area contributed by atoms with E-state index in [1.807, 2.05) is 0 Å². The molecule has 0 radical (unpaired) electrons. The van der Waals surface area contributed by atoms with Gasteiger partial charge in [0, 0.05) is 13.1 Å². The van der Waals surface area contributed by atoms with Crippen molar-refractivity contribution in [3.8, 4) is 5.75 Å². The molecule has 1 aromatic carbocycles. The number of halogens is 2. The molecule has 19 heavy (non-hydrogen) atoms. The van der Waals surface area contributed by atoms with E-state index in [0.717, 1.165) is 0 Å². The second-order valence-electron chi connectivity index (χ2n) is 4.25. The first-order valence-electron chi connectivity index (χ1n) is 6.07. The second kappa shape index (κ2) is 6.46. The third-order valence-corrected chi connectivity index (χ3v) is 3.69. The molecule has 2 rings (SSSR count). The van der Waals surface area contributed by atoms with Gasteiger partial charge in [-0.25, -0.2) is 0 Å². The molecule has 104 valence electrons. The Morgan fingerprint density at radius 3 is 2.74 bits per heavy atom. The summed E-state index contributed by atoms with van der Waals surface area (Å²) in [7, 11) is 0. The van der Waals surface area contributed by atoms with Crippen molar-refractivity contribution in [2.24, 2.45) is 0 Å². The minimum atomic E-state index is -0.603. The molecule has 1 amide bonds. The quantitative estimate of drug-likeness (QED) is 0.861. The number of amides is 1. The summed E-state index contributed by atoms with van der Waals surface area (Å²) in [6.07, 6.45) is -0.603. The normalized spacial score (nSPS) is 17.1. The molecule has 0 N–H and O–H groups in total. The lowest BCUT2D eigenvalue weighted by Crippen LogP contribution is -2.46. The van der Waals surface area contributed by atoms with E-state index in [1.54, 1.807) is 30.0 Å². The fourth-order valence-corrected chi connectivity index (χ4v) is 2.19. The number of rotatable bonds is 3. The van der Waals surface area contributed by atoms with Gasteiger partial charge in [0.1, 0.15) is 10.8 Å². The van der Waals surface area contributed by atoms with Crippen molar-refractivity contribution in [2.45, 2.75) is 13.0 Å². The van der Waals surface area contributed by atoms with E-state index in [4.69, 9.17) is 32.7 Å². The Balaban J connectivity index is 2.01. The van der Waals surface area contributed by atoms with Crippen molar-refractivity contribution in [1.29, 1.82) is 0 Å². The maximum Gasteiger partial charge on any atom is 0.263 e. The molecule has 0 aliphatic carbocycles. The molecule has 0 spiro atoms. The molecule has 6 heteroatoms. The maximum atomic E-state index is 12.2. The van der Waals surface area contributed by atoms with E-state index in [1.165, 1.54) is 0 Å². The average molecular weight is 304 g/mol. The molecule has 1 saturated heterocycles. The SMILES string of the molecule is CC(Oc1cccc(Cl)c1Cl)C(=O)N1CCOCC1. The number of hydrogen-bond donors (Lipinski definition) is 0. The largest absolute Gasteiger partial charge is 0.479 e. The first-order chi connectivity index (χ1) is 9.09. The molecule has 1 heterocycles. The molecule has 0 aromatic heterocycles. The highest BCUT2D eigenvalue weighted by atomic mass is 35.5. The molecule has 1 unspecified atom stereocenters. The number of nitrogens with zero attached hydrogens (tertiary/aromatic N) is 1. The van der Waals surface area contributed by atoms with Gasteiger partial charge in [0.25, 0.3) is 5.91 Å². The zero-order chi connectivity index (χ0) is 13.8. The smallest absolute Gasteiger partial charge is 0.263 e. The van der Waals surface area contributed by atoms with Crippen molar-refractivity contribution in [3.63, 3.8) is 0 Å². The van der Waals surface area contributed by atoms with Gasteiger partial charge in [-0.15, -0.1) is 0 Å². The van der Waals surface area contributed by atoms with Crippen LogP contribution in [0.1, 0.15) is 6.92 Å². The van der Waals surface area contributed by atoms with Gasteiger partial charge in [0.15, 0.2) is 6.10 Å². The van der Waals surface area contributed by atoms with E-state index in [2.05, 4.69) is 0 Å². The Bertz CT molecular complexity index is 461. The van der Waals surface area contributed by atoms with Crippen LogP contribution in [0.4, 0.5) is 0 Å². The number of morpholine rings is 1. The first-order valence-corrected chi connectivity index (χ1v) is 6.82. The van der Waals surface area contributed by atoms with Crippen LogP contribution in [0, 0.1) is 0 Å². The number of carbonyl (C=O) groups is 1. The minimum absolute atomic E-state index is 0.0701. The average Bonchev–Trinajstić information content (AvgIpc) is 2.44. The van der Waals surface area contributed by atoms with Crippen LogP contribution in [-0.4, -0.2) is 43.2 Å². The number of benzene rings is 1. The van der Waals surface area contributed by atoms with E-state index < -0.39 is 6.10 Å². The maximum absolute atomic E-state index is 12.2. The lowest BCUT2D eigenvalue weighted by molar-refractivity contribution is -0.142. The van der Waals surface area contributed by atoms with Gasteiger partial charge in [0.2, 0.25) is 0 Å². The lowest BCUT2D eigenvalue weighted by Gasteiger charge is -2.29.